The van der Waals surface area contributed by atoms with Gasteiger partial charge < -0.3 is 4.74 Å². The fourth-order valence-electron chi connectivity index (χ4n) is 2.21. The first-order valence-electron chi connectivity index (χ1n) is 7.04. The fraction of sp³-hybridized carbons (Fsp3) is 0.176. The van der Waals surface area contributed by atoms with Gasteiger partial charge in [0.25, 0.3) is 0 Å². The van der Waals surface area contributed by atoms with E-state index in [9.17, 15) is 4.79 Å². The van der Waals surface area contributed by atoms with Crippen molar-refractivity contribution in [2.24, 2.45) is 0 Å². The summed E-state index contributed by atoms with van der Waals surface area (Å²) < 4.78 is 4.79. The number of hydrogen-bond donors (Lipinski definition) is 0. The Balaban J connectivity index is 2.06. The zero-order chi connectivity index (χ0) is 16.4. The van der Waals surface area contributed by atoms with E-state index < -0.39 is 5.97 Å². The van der Waals surface area contributed by atoms with E-state index in [0.717, 1.165) is 32.4 Å². The van der Waals surface area contributed by atoms with Crippen LogP contribution in [-0.4, -0.2) is 28.0 Å². The fourth-order valence-corrected chi connectivity index (χ4v) is 3.23. The smallest absolute Gasteiger partial charge is 0.356 e. The quantitative estimate of drug-likeness (QED) is 0.687. The third kappa shape index (κ3) is 2.98. The predicted molar refractivity (Wildman–Crippen MR) is 89.4 cm³/mol. The van der Waals surface area contributed by atoms with Gasteiger partial charge in [-0.15, -0.1) is 11.3 Å². The summed E-state index contributed by atoms with van der Waals surface area (Å²) >= 11 is 1.53. The molecule has 5 nitrogen and oxygen atoms in total. The molecule has 0 amide bonds. The minimum absolute atomic E-state index is 0.334. The van der Waals surface area contributed by atoms with Crippen molar-refractivity contribution in [2.45, 2.75) is 13.8 Å². The lowest BCUT2D eigenvalue weighted by molar-refractivity contribution is 0.0593. The summed E-state index contributed by atoms with van der Waals surface area (Å²) in [6, 6.07) is 7.62. The Kier molecular flexibility index (Phi) is 4.16. The molecule has 0 saturated carbocycles. The maximum Gasteiger partial charge on any atom is 0.356 e. The number of aromatic nitrogens is 3. The van der Waals surface area contributed by atoms with E-state index in [2.05, 4.69) is 15.0 Å². The molecule has 0 aliphatic heterocycles. The number of thiazole rings is 1. The molecule has 0 unspecified atom stereocenters. The average molecular weight is 325 g/mol. The molecule has 0 N–H and O–H groups in total. The summed E-state index contributed by atoms with van der Waals surface area (Å²) in [4.78, 5) is 25.9. The van der Waals surface area contributed by atoms with Crippen LogP contribution in [0.1, 0.15) is 21.7 Å². The van der Waals surface area contributed by atoms with Crippen LogP contribution >= 0.6 is 11.3 Å². The third-order valence-corrected chi connectivity index (χ3v) is 4.64. The van der Waals surface area contributed by atoms with Crippen LogP contribution in [0.3, 0.4) is 0 Å². The van der Waals surface area contributed by atoms with Crippen molar-refractivity contribution < 1.29 is 9.53 Å². The van der Waals surface area contributed by atoms with Gasteiger partial charge in [0.1, 0.15) is 5.01 Å². The first kappa shape index (κ1) is 15.3. The molecule has 116 valence electrons. The molecule has 0 fully saturated rings. The van der Waals surface area contributed by atoms with Crippen molar-refractivity contribution >= 4 is 17.3 Å². The molecule has 0 spiro atoms. The Bertz CT molecular complexity index is 860. The standard InChI is InChI=1S/C17H15N3O2S/c1-10-6-7-13(20-14(10)17(21)22-3)15-11(2)19-16(23-15)12-5-4-8-18-9-12/h4-9H,1-3H3. The van der Waals surface area contributed by atoms with Gasteiger partial charge in [-0.25, -0.2) is 14.8 Å². The molecule has 6 heteroatoms. The number of carbonyl (C=O) groups is 1. The molecule has 3 rings (SSSR count). The van der Waals surface area contributed by atoms with E-state index in [1.807, 2.05) is 38.1 Å². The SMILES string of the molecule is COC(=O)c1nc(-c2sc(-c3cccnc3)nc2C)ccc1C. The highest BCUT2D eigenvalue weighted by molar-refractivity contribution is 7.18. The van der Waals surface area contributed by atoms with E-state index in [-0.39, 0.29) is 0 Å². The van der Waals surface area contributed by atoms with Gasteiger partial charge in [-0.05, 0) is 37.6 Å². The zero-order valence-corrected chi connectivity index (χ0v) is 13.8. The van der Waals surface area contributed by atoms with Crippen LogP contribution in [0.4, 0.5) is 0 Å². The van der Waals surface area contributed by atoms with Gasteiger partial charge in [0.15, 0.2) is 5.69 Å². The van der Waals surface area contributed by atoms with Gasteiger partial charge in [0.05, 0.1) is 23.4 Å². The van der Waals surface area contributed by atoms with Gasteiger partial charge in [-0.2, -0.15) is 0 Å². The summed E-state index contributed by atoms with van der Waals surface area (Å²) in [7, 11) is 1.36. The molecule has 0 aromatic carbocycles. The third-order valence-electron chi connectivity index (χ3n) is 3.41. The highest BCUT2D eigenvalue weighted by atomic mass is 32.1. The van der Waals surface area contributed by atoms with E-state index in [4.69, 9.17) is 4.74 Å². The predicted octanol–water partition coefficient (Wildman–Crippen LogP) is 3.67. The molecular formula is C17H15N3O2S. The van der Waals surface area contributed by atoms with E-state index in [0.29, 0.717) is 5.69 Å². The monoisotopic (exact) mass is 325 g/mol. The van der Waals surface area contributed by atoms with Crippen molar-refractivity contribution in [2.75, 3.05) is 7.11 Å². The summed E-state index contributed by atoms with van der Waals surface area (Å²) in [6.07, 6.45) is 3.51. The van der Waals surface area contributed by atoms with Gasteiger partial charge in [-0.3, -0.25) is 4.98 Å². The molecule has 23 heavy (non-hydrogen) atoms. The van der Waals surface area contributed by atoms with Gasteiger partial charge in [-0.1, -0.05) is 6.07 Å². The van der Waals surface area contributed by atoms with Crippen molar-refractivity contribution in [3.05, 3.63) is 53.6 Å². The van der Waals surface area contributed by atoms with Crippen molar-refractivity contribution in [3.8, 4) is 21.1 Å². The molecule has 0 radical (unpaired) electrons. The largest absolute Gasteiger partial charge is 0.464 e. The number of rotatable bonds is 3. The Morgan fingerprint density at radius 3 is 2.70 bits per heavy atom. The van der Waals surface area contributed by atoms with Crippen LogP contribution in [0, 0.1) is 13.8 Å². The Hall–Kier alpha value is -2.60. The number of aryl methyl sites for hydroxylation is 2. The Labute approximate surface area is 138 Å². The summed E-state index contributed by atoms with van der Waals surface area (Å²) in [5.74, 6) is -0.431. The van der Waals surface area contributed by atoms with E-state index in [1.165, 1.54) is 18.4 Å². The number of carbonyl (C=O) groups excluding carboxylic acids is 1. The van der Waals surface area contributed by atoms with E-state index >= 15 is 0 Å². The maximum atomic E-state index is 11.8. The van der Waals surface area contributed by atoms with Crippen LogP contribution in [0.2, 0.25) is 0 Å². The average Bonchev–Trinajstić information content (AvgIpc) is 2.97. The molecule has 0 bridgehead atoms. The molecule has 3 heterocycles. The molecule has 0 atom stereocenters. The molecule has 0 aliphatic rings. The lowest BCUT2D eigenvalue weighted by Gasteiger charge is -2.05. The topological polar surface area (TPSA) is 65.0 Å². The van der Waals surface area contributed by atoms with Crippen LogP contribution in [0.15, 0.2) is 36.7 Å². The summed E-state index contributed by atoms with van der Waals surface area (Å²) in [5.41, 5.74) is 3.69. The van der Waals surface area contributed by atoms with Crippen molar-refractivity contribution in [3.63, 3.8) is 0 Å². The zero-order valence-electron chi connectivity index (χ0n) is 13.0. The Morgan fingerprint density at radius 2 is 2.00 bits per heavy atom. The molecular weight excluding hydrogens is 310 g/mol. The van der Waals surface area contributed by atoms with Crippen molar-refractivity contribution in [1.29, 1.82) is 0 Å². The second kappa shape index (κ2) is 6.26. The number of ether oxygens (including phenoxy) is 1. The number of methoxy groups -OCH3 is 1. The highest BCUT2D eigenvalue weighted by Crippen LogP contribution is 2.34. The molecule has 0 saturated heterocycles. The van der Waals surface area contributed by atoms with Crippen LogP contribution in [0.5, 0.6) is 0 Å². The lowest BCUT2D eigenvalue weighted by atomic mass is 10.1. The van der Waals surface area contributed by atoms with Gasteiger partial charge in [0.2, 0.25) is 0 Å². The van der Waals surface area contributed by atoms with E-state index in [1.54, 1.807) is 12.4 Å². The van der Waals surface area contributed by atoms with Gasteiger partial charge >= 0.3 is 5.97 Å². The van der Waals surface area contributed by atoms with Gasteiger partial charge in [0, 0.05) is 18.0 Å². The van der Waals surface area contributed by atoms with Crippen LogP contribution in [0.25, 0.3) is 21.1 Å². The summed E-state index contributed by atoms with van der Waals surface area (Å²) in [5, 5.41) is 0.882. The first-order chi connectivity index (χ1) is 11.1. The number of pyridine rings is 2. The molecule has 3 aromatic rings. The number of nitrogens with zero attached hydrogens (tertiary/aromatic N) is 3. The Morgan fingerprint density at radius 1 is 1.17 bits per heavy atom. The van der Waals surface area contributed by atoms with Crippen molar-refractivity contribution in [1.82, 2.24) is 15.0 Å². The number of hydrogen-bond acceptors (Lipinski definition) is 6. The van der Waals surface area contributed by atoms with Crippen LogP contribution < -0.4 is 0 Å². The normalized spacial score (nSPS) is 10.6. The highest BCUT2D eigenvalue weighted by Gasteiger charge is 2.16. The first-order valence-corrected chi connectivity index (χ1v) is 7.86. The lowest BCUT2D eigenvalue weighted by Crippen LogP contribution is -2.07. The van der Waals surface area contributed by atoms with Crippen LogP contribution in [-0.2, 0) is 4.74 Å². The number of esters is 1. The minimum atomic E-state index is -0.431. The summed E-state index contributed by atoms with van der Waals surface area (Å²) in [6.45, 7) is 3.77. The maximum absolute atomic E-state index is 11.8. The second-order valence-corrected chi connectivity index (χ2v) is 6.03. The molecule has 0 aliphatic carbocycles. The minimum Gasteiger partial charge on any atom is -0.464 e. The molecule has 3 aromatic heterocycles. The second-order valence-electron chi connectivity index (χ2n) is 5.03.